The normalized spacial score (nSPS) is 10.2. The summed E-state index contributed by atoms with van der Waals surface area (Å²) in [5.41, 5.74) is 3.88. The molecule has 0 saturated carbocycles. The number of benzene rings is 2. The average Bonchev–Trinajstić information content (AvgIpc) is 2.48. The van der Waals surface area contributed by atoms with Crippen LogP contribution in [0.25, 0.3) is 0 Å². The summed E-state index contributed by atoms with van der Waals surface area (Å²) in [5.74, 6) is -0.459. The molecule has 0 amide bonds. The van der Waals surface area contributed by atoms with E-state index in [-0.39, 0.29) is 5.78 Å². The number of esters is 1. The minimum absolute atomic E-state index is 0.0514. The monoisotopic (exact) mass is 268 g/mol. The number of carbonyl (C=O) groups excluding carboxylic acids is 2. The van der Waals surface area contributed by atoms with Gasteiger partial charge < -0.3 is 4.74 Å². The molecule has 3 heteroatoms. The van der Waals surface area contributed by atoms with E-state index in [1.807, 2.05) is 32.0 Å². The van der Waals surface area contributed by atoms with Crippen molar-refractivity contribution in [1.29, 1.82) is 0 Å². The van der Waals surface area contributed by atoms with Crippen LogP contribution in [0.2, 0.25) is 0 Å². The molecule has 0 bridgehead atoms. The first-order chi connectivity index (χ1) is 9.52. The molecule has 0 fully saturated rings. The molecule has 0 spiro atoms. The zero-order valence-corrected chi connectivity index (χ0v) is 11.8. The second kappa shape index (κ2) is 5.70. The lowest BCUT2D eigenvalue weighted by molar-refractivity contribution is 0.0600. The Kier molecular flexibility index (Phi) is 3.99. The van der Waals surface area contributed by atoms with E-state index >= 15 is 0 Å². The number of hydrogen-bond donors (Lipinski definition) is 0. The second-order valence-corrected chi connectivity index (χ2v) is 4.70. The molecule has 0 aliphatic heterocycles. The molecule has 0 N–H and O–H groups in total. The quantitative estimate of drug-likeness (QED) is 0.633. The van der Waals surface area contributed by atoms with Crippen LogP contribution in [0.15, 0.2) is 42.5 Å². The summed E-state index contributed by atoms with van der Waals surface area (Å²) in [4.78, 5) is 23.7. The molecule has 0 aliphatic carbocycles. The molecule has 2 rings (SSSR count). The Hall–Kier alpha value is -2.42. The molecule has 102 valence electrons. The van der Waals surface area contributed by atoms with Crippen LogP contribution in [0.5, 0.6) is 0 Å². The Balaban J connectivity index is 2.29. The minimum Gasteiger partial charge on any atom is -0.465 e. The third-order valence-corrected chi connectivity index (χ3v) is 3.34. The van der Waals surface area contributed by atoms with Crippen molar-refractivity contribution in [3.63, 3.8) is 0 Å². The van der Waals surface area contributed by atoms with Crippen molar-refractivity contribution in [1.82, 2.24) is 0 Å². The van der Waals surface area contributed by atoms with Gasteiger partial charge in [-0.05, 0) is 43.2 Å². The molecule has 0 saturated heterocycles. The highest BCUT2D eigenvalue weighted by atomic mass is 16.5. The maximum Gasteiger partial charge on any atom is 0.337 e. The first-order valence-electron chi connectivity index (χ1n) is 6.33. The molecule has 0 radical (unpaired) electrons. The highest BCUT2D eigenvalue weighted by Gasteiger charge is 2.11. The topological polar surface area (TPSA) is 43.4 Å². The number of ether oxygens (including phenoxy) is 1. The highest BCUT2D eigenvalue weighted by Crippen LogP contribution is 2.15. The molecule has 0 aromatic heterocycles. The number of rotatable bonds is 3. The SMILES string of the molecule is COC(=O)c1ccc(C(=O)c2ccc(C)c(C)c2)cc1. The summed E-state index contributed by atoms with van der Waals surface area (Å²) >= 11 is 0. The first kappa shape index (κ1) is 14.0. The van der Waals surface area contributed by atoms with Crippen molar-refractivity contribution >= 4 is 11.8 Å². The number of methoxy groups -OCH3 is 1. The van der Waals surface area contributed by atoms with Gasteiger partial charge in [-0.3, -0.25) is 4.79 Å². The zero-order chi connectivity index (χ0) is 14.7. The van der Waals surface area contributed by atoms with E-state index in [9.17, 15) is 9.59 Å². The van der Waals surface area contributed by atoms with E-state index in [0.717, 1.165) is 11.1 Å². The molecular weight excluding hydrogens is 252 g/mol. The predicted octanol–water partition coefficient (Wildman–Crippen LogP) is 3.32. The van der Waals surface area contributed by atoms with E-state index in [1.165, 1.54) is 7.11 Å². The van der Waals surface area contributed by atoms with Gasteiger partial charge in [-0.25, -0.2) is 4.79 Å². The molecule has 2 aromatic carbocycles. The molecule has 0 atom stereocenters. The standard InChI is InChI=1S/C17H16O3/c1-11-4-5-15(10-12(11)2)16(18)13-6-8-14(9-7-13)17(19)20-3/h4-10H,1-3H3. The number of hydrogen-bond acceptors (Lipinski definition) is 3. The fourth-order valence-electron chi connectivity index (χ4n) is 1.92. The van der Waals surface area contributed by atoms with E-state index in [1.54, 1.807) is 24.3 Å². The van der Waals surface area contributed by atoms with Crippen molar-refractivity contribution in [2.75, 3.05) is 7.11 Å². The lowest BCUT2D eigenvalue weighted by atomic mass is 9.98. The lowest BCUT2D eigenvalue weighted by Gasteiger charge is -2.05. The van der Waals surface area contributed by atoms with Crippen molar-refractivity contribution in [2.45, 2.75) is 13.8 Å². The van der Waals surface area contributed by atoms with Crippen LogP contribution in [-0.4, -0.2) is 18.9 Å². The Morgan fingerprint density at radius 2 is 1.35 bits per heavy atom. The van der Waals surface area contributed by atoms with E-state index in [4.69, 9.17) is 0 Å². The molecule has 0 unspecified atom stereocenters. The third-order valence-electron chi connectivity index (χ3n) is 3.34. The van der Waals surface area contributed by atoms with Crippen LogP contribution in [0.4, 0.5) is 0 Å². The molecular formula is C17H16O3. The van der Waals surface area contributed by atoms with Gasteiger partial charge in [-0.15, -0.1) is 0 Å². The molecule has 0 heterocycles. The van der Waals surface area contributed by atoms with Gasteiger partial charge in [0.15, 0.2) is 5.78 Å². The number of ketones is 1. The molecule has 3 nitrogen and oxygen atoms in total. The molecule has 2 aromatic rings. The smallest absolute Gasteiger partial charge is 0.337 e. The van der Waals surface area contributed by atoms with Crippen LogP contribution >= 0.6 is 0 Å². The van der Waals surface area contributed by atoms with Crippen LogP contribution in [0, 0.1) is 13.8 Å². The van der Waals surface area contributed by atoms with Crippen LogP contribution in [0.1, 0.15) is 37.4 Å². The largest absolute Gasteiger partial charge is 0.465 e. The van der Waals surface area contributed by atoms with Crippen molar-refractivity contribution in [3.05, 3.63) is 70.3 Å². The van der Waals surface area contributed by atoms with Crippen LogP contribution in [-0.2, 0) is 4.74 Å². The second-order valence-electron chi connectivity index (χ2n) is 4.70. The Bertz CT molecular complexity index is 654. The molecule has 0 aliphatic rings. The van der Waals surface area contributed by atoms with Gasteiger partial charge in [0, 0.05) is 11.1 Å². The zero-order valence-electron chi connectivity index (χ0n) is 11.8. The van der Waals surface area contributed by atoms with Crippen LogP contribution < -0.4 is 0 Å². The number of carbonyl (C=O) groups is 2. The van der Waals surface area contributed by atoms with Gasteiger partial charge in [0.25, 0.3) is 0 Å². The summed E-state index contributed by atoms with van der Waals surface area (Å²) in [5, 5.41) is 0. The van der Waals surface area contributed by atoms with E-state index in [0.29, 0.717) is 16.7 Å². The maximum absolute atomic E-state index is 12.3. The Morgan fingerprint density at radius 1 is 0.800 bits per heavy atom. The lowest BCUT2D eigenvalue weighted by Crippen LogP contribution is -2.04. The predicted molar refractivity (Wildman–Crippen MR) is 77.1 cm³/mol. The van der Waals surface area contributed by atoms with Gasteiger partial charge in [0.1, 0.15) is 0 Å². The molecule has 20 heavy (non-hydrogen) atoms. The maximum atomic E-state index is 12.3. The van der Waals surface area contributed by atoms with E-state index in [2.05, 4.69) is 4.74 Å². The van der Waals surface area contributed by atoms with Crippen molar-refractivity contribution in [3.8, 4) is 0 Å². The highest BCUT2D eigenvalue weighted by molar-refractivity contribution is 6.09. The first-order valence-corrected chi connectivity index (χ1v) is 6.33. The van der Waals surface area contributed by atoms with Gasteiger partial charge in [-0.1, -0.05) is 24.3 Å². The summed E-state index contributed by atoms with van der Waals surface area (Å²) in [6, 6.07) is 12.1. The summed E-state index contributed by atoms with van der Waals surface area (Å²) in [7, 11) is 1.33. The summed E-state index contributed by atoms with van der Waals surface area (Å²) in [6.45, 7) is 3.99. The Morgan fingerprint density at radius 3 is 1.90 bits per heavy atom. The van der Waals surface area contributed by atoms with Crippen LogP contribution in [0.3, 0.4) is 0 Å². The van der Waals surface area contributed by atoms with Gasteiger partial charge in [0.2, 0.25) is 0 Å². The Labute approximate surface area is 118 Å². The van der Waals surface area contributed by atoms with Crippen molar-refractivity contribution in [2.24, 2.45) is 0 Å². The van der Waals surface area contributed by atoms with E-state index < -0.39 is 5.97 Å². The summed E-state index contributed by atoms with van der Waals surface area (Å²) in [6.07, 6.45) is 0. The van der Waals surface area contributed by atoms with Gasteiger partial charge >= 0.3 is 5.97 Å². The average molecular weight is 268 g/mol. The number of aryl methyl sites for hydroxylation is 2. The fourth-order valence-corrected chi connectivity index (χ4v) is 1.92. The van der Waals surface area contributed by atoms with Crippen molar-refractivity contribution < 1.29 is 14.3 Å². The van der Waals surface area contributed by atoms with Gasteiger partial charge in [0.05, 0.1) is 12.7 Å². The fraction of sp³-hybridized carbons (Fsp3) is 0.176. The van der Waals surface area contributed by atoms with Gasteiger partial charge in [-0.2, -0.15) is 0 Å². The third kappa shape index (κ3) is 2.77. The summed E-state index contributed by atoms with van der Waals surface area (Å²) < 4.78 is 4.63. The minimum atomic E-state index is -0.407.